The molecule has 0 saturated carbocycles. The van der Waals surface area contributed by atoms with Gasteiger partial charge in [-0.3, -0.25) is 4.79 Å². The van der Waals surface area contributed by atoms with Crippen LogP contribution in [0.1, 0.15) is 5.56 Å². The molecule has 0 saturated heterocycles. The molecule has 102 valence electrons. The van der Waals surface area contributed by atoms with Crippen LogP contribution < -0.4 is 5.56 Å². The molecule has 4 nitrogen and oxygen atoms in total. The fourth-order valence-electron chi connectivity index (χ4n) is 2.17. The van der Waals surface area contributed by atoms with Crippen molar-refractivity contribution < 1.29 is 8.42 Å². The van der Waals surface area contributed by atoms with Gasteiger partial charge in [0.2, 0.25) is 0 Å². The summed E-state index contributed by atoms with van der Waals surface area (Å²) in [6.45, 7) is 1.80. The molecule has 3 rings (SSSR count). The zero-order valence-electron chi connectivity index (χ0n) is 10.6. The normalized spacial score (nSPS) is 11.8. The predicted octanol–water partition coefficient (Wildman–Crippen LogP) is 2.61. The second kappa shape index (κ2) is 4.57. The van der Waals surface area contributed by atoms with E-state index in [9.17, 15) is 13.2 Å². The van der Waals surface area contributed by atoms with Crippen molar-refractivity contribution in [2.24, 2.45) is 0 Å². The maximum atomic E-state index is 12.6. The van der Waals surface area contributed by atoms with Gasteiger partial charge in [0.25, 0.3) is 15.6 Å². The molecular formula is C14H11NO3S2. The number of para-hydroxylation sites is 1. The molecule has 2 heterocycles. The Morgan fingerprint density at radius 2 is 1.85 bits per heavy atom. The van der Waals surface area contributed by atoms with Crippen molar-refractivity contribution in [3.8, 4) is 0 Å². The largest absolute Gasteiger partial charge is 0.280 e. The molecule has 0 radical (unpaired) electrons. The highest BCUT2D eigenvalue weighted by Crippen LogP contribution is 2.23. The van der Waals surface area contributed by atoms with Gasteiger partial charge in [0.05, 0.1) is 5.52 Å². The summed E-state index contributed by atoms with van der Waals surface area (Å²) >= 11 is 1.10. The van der Waals surface area contributed by atoms with E-state index in [1.54, 1.807) is 30.5 Å². The van der Waals surface area contributed by atoms with E-state index in [0.29, 0.717) is 5.52 Å². The molecule has 6 heteroatoms. The number of thiophene rings is 1. The Bertz CT molecular complexity index is 938. The molecule has 0 aliphatic carbocycles. The molecule has 20 heavy (non-hydrogen) atoms. The Labute approximate surface area is 120 Å². The number of hydrogen-bond acceptors (Lipinski definition) is 4. The molecule has 1 aromatic carbocycles. The third kappa shape index (κ3) is 1.88. The fraction of sp³-hybridized carbons (Fsp3) is 0.0714. The number of rotatable bonds is 2. The number of aryl methyl sites for hydroxylation is 1. The summed E-state index contributed by atoms with van der Waals surface area (Å²) in [6.07, 6.45) is 0. The zero-order chi connectivity index (χ0) is 14.3. The highest BCUT2D eigenvalue weighted by Gasteiger charge is 2.22. The Kier molecular flexibility index (Phi) is 2.99. The van der Waals surface area contributed by atoms with Crippen LogP contribution in [0.25, 0.3) is 10.9 Å². The van der Waals surface area contributed by atoms with Gasteiger partial charge >= 0.3 is 0 Å². The summed E-state index contributed by atoms with van der Waals surface area (Å²) in [5.41, 5.74) is 0.642. The predicted molar refractivity (Wildman–Crippen MR) is 79.8 cm³/mol. The summed E-state index contributed by atoms with van der Waals surface area (Å²) in [7, 11) is -3.85. The van der Waals surface area contributed by atoms with Crippen LogP contribution in [0.4, 0.5) is 0 Å². The minimum absolute atomic E-state index is 0.161. The Hall–Kier alpha value is -1.92. The Morgan fingerprint density at radius 1 is 1.10 bits per heavy atom. The van der Waals surface area contributed by atoms with Crippen LogP contribution in [-0.4, -0.2) is 12.4 Å². The van der Waals surface area contributed by atoms with E-state index in [4.69, 9.17) is 0 Å². The second-order valence-corrected chi connectivity index (χ2v) is 7.35. The molecule has 0 spiro atoms. The molecule has 0 atom stereocenters. The molecule has 0 aliphatic rings. The molecule has 0 aliphatic heterocycles. The monoisotopic (exact) mass is 305 g/mol. The number of hydrogen-bond donors (Lipinski definition) is 0. The number of fused-ring (bicyclic) bond motifs is 1. The molecule has 2 aromatic heterocycles. The average Bonchev–Trinajstić information content (AvgIpc) is 2.93. The highest BCUT2D eigenvalue weighted by molar-refractivity contribution is 7.92. The van der Waals surface area contributed by atoms with Crippen molar-refractivity contribution in [2.45, 2.75) is 11.1 Å². The summed E-state index contributed by atoms with van der Waals surface area (Å²) in [5, 5.41) is 2.43. The molecule has 0 fully saturated rings. The first kappa shape index (κ1) is 13.1. The lowest BCUT2D eigenvalue weighted by molar-refractivity contribution is 0.589. The molecule has 0 unspecified atom stereocenters. The first-order valence-corrected chi connectivity index (χ1v) is 8.24. The van der Waals surface area contributed by atoms with Gasteiger partial charge in [-0.25, -0.2) is 0 Å². The van der Waals surface area contributed by atoms with Gasteiger partial charge in [-0.2, -0.15) is 12.4 Å². The molecule has 0 bridgehead atoms. The second-order valence-electron chi connectivity index (χ2n) is 4.38. The van der Waals surface area contributed by atoms with E-state index in [0.717, 1.165) is 26.3 Å². The lowest BCUT2D eigenvalue weighted by Gasteiger charge is -2.11. The van der Waals surface area contributed by atoms with Crippen molar-refractivity contribution in [1.29, 1.82) is 0 Å². The van der Waals surface area contributed by atoms with Crippen molar-refractivity contribution in [1.82, 2.24) is 3.97 Å². The van der Waals surface area contributed by atoms with E-state index in [2.05, 4.69) is 0 Å². The molecule has 3 aromatic rings. The number of aromatic nitrogens is 1. The summed E-state index contributed by atoms with van der Waals surface area (Å²) in [5.74, 6) is 0. The standard InChI is InChI=1S/C14H11NO3S2/c1-10-9-13(16)15(12-6-3-2-5-11(10)12)20(17,18)14-7-4-8-19-14/h2-9H,1H3. The van der Waals surface area contributed by atoms with E-state index in [1.807, 2.05) is 12.1 Å². The van der Waals surface area contributed by atoms with Crippen molar-refractivity contribution in [3.63, 3.8) is 0 Å². The zero-order valence-corrected chi connectivity index (χ0v) is 12.2. The Morgan fingerprint density at radius 3 is 2.55 bits per heavy atom. The maximum absolute atomic E-state index is 12.6. The van der Waals surface area contributed by atoms with Crippen molar-refractivity contribution >= 4 is 32.3 Å². The van der Waals surface area contributed by atoms with Crippen LogP contribution in [0.2, 0.25) is 0 Å². The van der Waals surface area contributed by atoms with Gasteiger partial charge in [0.15, 0.2) is 0 Å². The van der Waals surface area contributed by atoms with E-state index in [1.165, 1.54) is 12.1 Å². The van der Waals surface area contributed by atoms with Crippen LogP contribution in [0.15, 0.2) is 56.8 Å². The fourth-order valence-corrected chi connectivity index (χ4v) is 4.64. The number of pyridine rings is 1. The van der Waals surface area contributed by atoms with Gasteiger partial charge in [0.1, 0.15) is 4.21 Å². The van der Waals surface area contributed by atoms with E-state index in [-0.39, 0.29) is 4.21 Å². The van der Waals surface area contributed by atoms with E-state index >= 15 is 0 Å². The lowest BCUT2D eigenvalue weighted by Crippen LogP contribution is -2.27. The van der Waals surface area contributed by atoms with Crippen LogP contribution in [-0.2, 0) is 10.0 Å². The summed E-state index contributed by atoms with van der Waals surface area (Å²) < 4.78 is 26.3. The smallest absolute Gasteiger partial charge is 0.268 e. The van der Waals surface area contributed by atoms with Gasteiger partial charge < -0.3 is 0 Å². The van der Waals surface area contributed by atoms with Gasteiger partial charge in [0, 0.05) is 11.5 Å². The van der Waals surface area contributed by atoms with Crippen LogP contribution >= 0.6 is 11.3 Å². The topological polar surface area (TPSA) is 56.1 Å². The van der Waals surface area contributed by atoms with Gasteiger partial charge in [-0.15, -0.1) is 11.3 Å². The minimum atomic E-state index is -3.85. The molecule has 0 N–H and O–H groups in total. The van der Waals surface area contributed by atoms with E-state index < -0.39 is 15.6 Å². The quantitative estimate of drug-likeness (QED) is 0.731. The third-order valence-corrected chi connectivity index (χ3v) is 6.16. The highest BCUT2D eigenvalue weighted by atomic mass is 32.2. The summed E-state index contributed by atoms with van der Waals surface area (Å²) in [6, 6.07) is 11.5. The molecular weight excluding hydrogens is 294 g/mol. The van der Waals surface area contributed by atoms with Crippen LogP contribution in [0.3, 0.4) is 0 Å². The van der Waals surface area contributed by atoms with Crippen molar-refractivity contribution in [2.75, 3.05) is 0 Å². The lowest BCUT2D eigenvalue weighted by atomic mass is 10.1. The molecule has 0 amide bonds. The summed E-state index contributed by atoms with van der Waals surface area (Å²) in [4.78, 5) is 12.2. The van der Waals surface area contributed by atoms with Gasteiger partial charge in [-0.05, 0) is 30.0 Å². The van der Waals surface area contributed by atoms with Crippen LogP contribution in [0.5, 0.6) is 0 Å². The number of benzene rings is 1. The third-order valence-electron chi connectivity index (χ3n) is 3.08. The average molecular weight is 305 g/mol. The minimum Gasteiger partial charge on any atom is -0.268 e. The van der Waals surface area contributed by atoms with Gasteiger partial charge in [-0.1, -0.05) is 24.3 Å². The Balaban J connectivity index is 2.47. The van der Waals surface area contributed by atoms with Crippen molar-refractivity contribution in [3.05, 3.63) is 63.8 Å². The number of nitrogens with zero attached hydrogens (tertiary/aromatic N) is 1. The SMILES string of the molecule is Cc1cc(=O)n(S(=O)(=O)c2cccs2)c2ccccc12. The first-order chi connectivity index (χ1) is 9.51. The maximum Gasteiger partial charge on any atom is 0.280 e. The first-order valence-electron chi connectivity index (χ1n) is 5.92. The van der Waals surface area contributed by atoms with Crippen LogP contribution in [0, 0.1) is 6.92 Å².